The predicted molar refractivity (Wildman–Crippen MR) is 104 cm³/mol. The Hall–Kier alpha value is -2.33. The number of carbonyl (C=O) groups excluding carboxylic acids is 1. The summed E-state index contributed by atoms with van der Waals surface area (Å²) in [5.74, 6) is 0.629. The van der Waals surface area contributed by atoms with Crippen molar-refractivity contribution in [3.8, 4) is 0 Å². The smallest absolute Gasteiger partial charge is 0.254 e. The minimum atomic E-state index is 0.214. The van der Waals surface area contributed by atoms with Gasteiger partial charge >= 0.3 is 0 Å². The summed E-state index contributed by atoms with van der Waals surface area (Å²) in [6.45, 7) is 3.76. The van der Waals surface area contributed by atoms with Gasteiger partial charge in [0.05, 0.1) is 0 Å². The Kier molecular flexibility index (Phi) is 3.93. The van der Waals surface area contributed by atoms with Gasteiger partial charge in [-0.2, -0.15) is 0 Å². The molecule has 2 N–H and O–H groups in total. The van der Waals surface area contributed by atoms with Gasteiger partial charge < -0.3 is 15.5 Å². The molecule has 0 bridgehead atoms. The lowest BCUT2D eigenvalue weighted by molar-refractivity contribution is 0.0674. The number of rotatable bonds is 2. The van der Waals surface area contributed by atoms with Crippen molar-refractivity contribution < 1.29 is 4.79 Å². The van der Waals surface area contributed by atoms with Crippen molar-refractivity contribution in [3.05, 3.63) is 64.7 Å². The van der Waals surface area contributed by atoms with Gasteiger partial charge in [0.2, 0.25) is 0 Å². The molecule has 2 aromatic carbocycles. The van der Waals surface area contributed by atoms with E-state index in [1.807, 2.05) is 0 Å². The average Bonchev–Trinajstić information content (AvgIpc) is 3.04. The molecule has 3 aliphatic rings. The molecule has 134 valence electrons. The van der Waals surface area contributed by atoms with E-state index >= 15 is 0 Å². The second-order valence-corrected chi connectivity index (χ2v) is 7.71. The van der Waals surface area contributed by atoms with Crippen LogP contribution in [-0.4, -0.2) is 36.5 Å². The molecule has 3 aliphatic heterocycles. The van der Waals surface area contributed by atoms with E-state index in [0.29, 0.717) is 12.0 Å². The van der Waals surface area contributed by atoms with E-state index < -0.39 is 0 Å². The number of fused-ring (bicyclic) bond motifs is 2. The van der Waals surface area contributed by atoms with Crippen molar-refractivity contribution in [3.63, 3.8) is 0 Å². The van der Waals surface area contributed by atoms with Gasteiger partial charge in [0.25, 0.3) is 5.91 Å². The van der Waals surface area contributed by atoms with E-state index in [-0.39, 0.29) is 5.91 Å². The summed E-state index contributed by atoms with van der Waals surface area (Å²) in [6, 6.07) is 15.5. The maximum absolute atomic E-state index is 12.9. The van der Waals surface area contributed by atoms with Crippen molar-refractivity contribution in [2.24, 2.45) is 0 Å². The lowest BCUT2D eigenvalue weighted by Crippen LogP contribution is -2.46. The van der Waals surface area contributed by atoms with Crippen molar-refractivity contribution in [1.29, 1.82) is 0 Å². The van der Waals surface area contributed by atoms with Crippen LogP contribution in [0.5, 0.6) is 0 Å². The SMILES string of the molecule is O=C1c2ccc(C3CCNc4ccccc43)cc2CN1C1CCCNC1. The summed E-state index contributed by atoms with van der Waals surface area (Å²) >= 11 is 0. The summed E-state index contributed by atoms with van der Waals surface area (Å²) in [5, 5.41) is 6.93. The number of carbonyl (C=O) groups is 1. The Morgan fingerprint density at radius 3 is 2.85 bits per heavy atom. The van der Waals surface area contributed by atoms with Gasteiger partial charge in [-0.15, -0.1) is 0 Å². The highest BCUT2D eigenvalue weighted by Gasteiger charge is 2.34. The Labute approximate surface area is 154 Å². The molecule has 2 aromatic rings. The van der Waals surface area contributed by atoms with Gasteiger partial charge in [-0.3, -0.25) is 4.79 Å². The molecule has 26 heavy (non-hydrogen) atoms. The number of benzene rings is 2. The van der Waals surface area contributed by atoms with Gasteiger partial charge in [0.1, 0.15) is 0 Å². The number of amides is 1. The highest BCUT2D eigenvalue weighted by molar-refractivity contribution is 5.98. The van der Waals surface area contributed by atoms with Crippen LogP contribution in [0.1, 0.15) is 52.2 Å². The molecule has 2 unspecified atom stereocenters. The Morgan fingerprint density at radius 2 is 1.96 bits per heavy atom. The first-order chi connectivity index (χ1) is 12.8. The highest BCUT2D eigenvalue weighted by atomic mass is 16.2. The van der Waals surface area contributed by atoms with E-state index in [2.05, 4.69) is 58.0 Å². The highest BCUT2D eigenvalue weighted by Crippen LogP contribution is 2.38. The van der Waals surface area contributed by atoms with Gasteiger partial charge in [0, 0.05) is 42.8 Å². The number of anilines is 1. The molecular formula is C22H25N3O. The predicted octanol–water partition coefficient (Wildman–Crippen LogP) is 3.34. The first-order valence-corrected chi connectivity index (χ1v) is 9.78. The van der Waals surface area contributed by atoms with E-state index in [4.69, 9.17) is 0 Å². The van der Waals surface area contributed by atoms with Gasteiger partial charge in [-0.1, -0.05) is 30.3 Å². The van der Waals surface area contributed by atoms with Crippen molar-refractivity contribution in [2.45, 2.75) is 37.8 Å². The Bertz CT molecular complexity index is 841. The summed E-state index contributed by atoms with van der Waals surface area (Å²) in [4.78, 5) is 15.0. The molecule has 3 heterocycles. The zero-order valence-corrected chi connectivity index (χ0v) is 15.0. The lowest BCUT2D eigenvalue weighted by Gasteiger charge is -2.31. The van der Waals surface area contributed by atoms with E-state index in [9.17, 15) is 4.79 Å². The normalized spacial score (nSPS) is 24.8. The molecule has 1 fully saturated rings. The van der Waals surface area contributed by atoms with E-state index in [1.54, 1.807) is 0 Å². The minimum Gasteiger partial charge on any atom is -0.385 e. The second-order valence-electron chi connectivity index (χ2n) is 7.71. The molecule has 0 aromatic heterocycles. The fourth-order valence-electron chi connectivity index (χ4n) is 4.79. The Balaban J connectivity index is 1.45. The fourth-order valence-corrected chi connectivity index (χ4v) is 4.79. The largest absolute Gasteiger partial charge is 0.385 e. The zero-order valence-electron chi connectivity index (χ0n) is 15.0. The first kappa shape index (κ1) is 15.9. The molecule has 0 saturated carbocycles. The van der Waals surface area contributed by atoms with Gasteiger partial charge in [0.15, 0.2) is 0 Å². The van der Waals surface area contributed by atoms with Crippen LogP contribution in [0.25, 0.3) is 0 Å². The monoisotopic (exact) mass is 347 g/mol. The Morgan fingerprint density at radius 1 is 1.04 bits per heavy atom. The fraction of sp³-hybridized carbons (Fsp3) is 0.409. The second kappa shape index (κ2) is 6.44. The van der Waals surface area contributed by atoms with Crippen molar-refractivity contribution in [1.82, 2.24) is 10.2 Å². The van der Waals surface area contributed by atoms with Crippen LogP contribution < -0.4 is 10.6 Å². The van der Waals surface area contributed by atoms with Crippen molar-refractivity contribution >= 4 is 11.6 Å². The third kappa shape index (κ3) is 2.60. The van der Waals surface area contributed by atoms with Crippen LogP contribution in [0, 0.1) is 0 Å². The molecule has 4 nitrogen and oxygen atoms in total. The molecule has 0 radical (unpaired) electrons. The molecule has 5 rings (SSSR count). The lowest BCUT2D eigenvalue weighted by atomic mass is 9.84. The average molecular weight is 347 g/mol. The van der Waals surface area contributed by atoms with Crippen LogP contribution in [-0.2, 0) is 6.54 Å². The van der Waals surface area contributed by atoms with Crippen LogP contribution in [0.15, 0.2) is 42.5 Å². The van der Waals surface area contributed by atoms with Gasteiger partial charge in [-0.25, -0.2) is 0 Å². The molecule has 1 saturated heterocycles. The minimum absolute atomic E-state index is 0.214. The number of nitrogens with zero attached hydrogens (tertiary/aromatic N) is 1. The van der Waals surface area contributed by atoms with Gasteiger partial charge in [-0.05, 0) is 54.6 Å². The van der Waals surface area contributed by atoms with Crippen LogP contribution >= 0.6 is 0 Å². The summed E-state index contributed by atoms with van der Waals surface area (Å²) in [7, 11) is 0. The number of piperidine rings is 1. The standard InChI is InChI=1S/C22H25N3O/c26-22-19-8-7-15(18-9-11-24-21-6-2-1-5-20(18)21)12-16(19)14-25(22)17-4-3-10-23-13-17/h1-2,5-8,12,17-18,23-24H,3-4,9-11,13-14H2. The molecule has 0 spiro atoms. The number of hydrogen-bond acceptors (Lipinski definition) is 3. The molecule has 0 aliphatic carbocycles. The number of nitrogens with one attached hydrogen (secondary N) is 2. The van der Waals surface area contributed by atoms with E-state index in [1.165, 1.54) is 22.4 Å². The summed E-state index contributed by atoms with van der Waals surface area (Å²) < 4.78 is 0. The zero-order chi connectivity index (χ0) is 17.5. The molecular weight excluding hydrogens is 322 g/mol. The first-order valence-electron chi connectivity index (χ1n) is 9.78. The number of hydrogen-bond donors (Lipinski definition) is 2. The van der Waals surface area contributed by atoms with Crippen LogP contribution in [0.4, 0.5) is 5.69 Å². The summed E-state index contributed by atoms with van der Waals surface area (Å²) in [5.41, 5.74) is 6.07. The quantitative estimate of drug-likeness (QED) is 0.876. The maximum Gasteiger partial charge on any atom is 0.254 e. The third-order valence-corrected chi connectivity index (χ3v) is 6.16. The molecule has 2 atom stereocenters. The maximum atomic E-state index is 12.9. The number of para-hydroxylation sites is 1. The van der Waals surface area contributed by atoms with E-state index in [0.717, 1.165) is 51.0 Å². The molecule has 1 amide bonds. The summed E-state index contributed by atoms with van der Waals surface area (Å²) in [6.07, 6.45) is 3.36. The molecule has 4 heteroatoms. The third-order valence-electron chi connectivity index (χ3n) is 6.16. The van der Waals surface area contributed by atoms with Crippen molar-refractivity contribution in [2.75, 3.05) is 25.0 Å². The van der Waals surface area contributed by atoms with Crippen LogP contribution in [0.2, 0.25) is 0 Å². The van der Waals surface area contributed by atoms with Crippen LogP contribution in [0.3, 0.4) is 0 Å². The topological polar surface area (TPSA) is 44.4 Å².